The smallest absolute Gasteiger partial charge is 0.323 e. The topological polar surface area (TPSA) is 50.4 Å². The van der Waals surface area contributed by atoms with Crippen LogP contribution in [0.5, 0.6) is 0 Å². The highest BCUT2D eigenvalue weighted by Gasteiger charge is 2.38. The van der Waals surface area contributed by atoms with E-state index in [0.717, 1.165) is 19.5 Å². The van der Waals surface area contributed by atoms with E-state index in [1.54, 1.807) is 0 Å². The number of hydrogen-bond acceptors (Lipinski definition) is 4. The van der Waals surface area contributed by atoms with Gasteiger partial charge in [-0.25, -0.2) is 0 Å². The molecule has 0 aliphatic carbocycles. The summed E-state index contributed by atoms with van der Waals surface area (Å²) in [7, 11) is 0. The first kappa shape index (κ1) is 9.93. The first-order valence-corrected chi connectivity index (χ1v) is 5.44. The average Bonchev–Trinajstić information content (AvgIpc) is 2.61. The molecule has 0 amide bonds. The lowest BCUT2D eigenvalue weighted by Crippen LogP contribution is -2.46. The number of nitrogens with one attached hydrogen (secondary N) is 2. The van der Waals surface area contributed by atoms with Crippen LogP contribution in [0.4, 0.5) is 0 Å². The van der Waals surface area contributed by atoms with Gasteiger partial charge in [-0.15, -0.1) is 0 Å². The van der Waals surface area contributed by atoms with Crippen LogP contribution in [0.2, 0.25) is 0 Å². The van der Waals surface area contributed by atoms with E-state index in [2.05, 4.69) is 10.6 Å². The van der Waals surface area contributed by atoms with Crippen molar-refractivity contribution >= 4 is 5.97 Å². The fraction of sp³-hybridized carbons (Fsp3) is 0.900. The summed E-state index contributed by atoms with van der Waals surface area (Å²) < 4.78 is 5.01. The van der Waals surface area contributed by atoms with Gasteiger partial charge in [0.1, 0.15) is 6.04 Å². The number of esters is 1. The van der Waals surface area contributed by atoms with E-state index >= 15 is 0 Å². The van der Waals surface area contributed by atoms with Crippen molar-refractivity contribution in [3.05, 3.63) is 0 Å². The van der Waals surface area contributed by atoms with Gasteiger partial charge in [0.15, 0.2) is 0 Å². The van der Waals surface area contributed by atoms with Crippen molar-refractivity contribution in [2.24, 2.45) is 5.92 Å². The van der Waals surface area contributed by atoms with Gasteiger partial charge < -0.3 is 15.4 Å². The van der Waals surface area contributed by atoms with Crippen LogP contribution in [0.1, 0.15) is 19.8 Å². The highest BCUT2D eigenvalue weighted by Crippen LogP contribution is 2.25. The van der Waals surface area contributed by atoms with Gasteiger partial charge in [0, 0.05) is 12.6 Å². The predicted octanol–water partition coefficient (Wildman–Crippen LogP) is -0.110. The van der Waals surface area contributed by atoms with E-state index in [9.17, 15) is 4.79 Å². The second-order valence-electron chi connectivity index (χ2n) is 4.07. The van der Waals surface area contributed by atoms with E-state index < -0.39 is 0 Å². The minimum absolute atomic E-state index is 0.0650. The molecule has 14 heavy (non-hydrogen) atoms. The van der Waals surface area contributed by atoms with Gasteiger partial charge in [0.25, 0.3) is 0 Å². The predicted molar refractivity (Wildman–Crippen MR) is 52.9 cm³/mol. The molecule has 2 aliphatic heterocycles. The maximum Gasteiger partial charge on any atom is 0.323 e. The van der Waals surface area contributed by atoms with E-state index in [1.165, 1.54) is 6.42 Å². The number of carbonyl (C=O) groups is 1. The Bertz CT molecular complexity index is 206. The Kier molecular flexibility index (Phi) is 3.03. The van der Waals surface area contributed by atoms with E-state index in [0.29, 0.717) is 18.6 Å². The third-order valence-corrected chi connectivity index (χ3v) is 3.15. The molecule has 2 N–H and O–H groups in total. The fourth-order valence-electron chi connectivity index (χ4n) is 2.43. The van der Waals surface area contributed by atoms with Gasteiger partial charge in [-0.2, -0.15) is 0 Å². The highest BCUT2D eigenvalue weighted by molar-refractivity contribution is 5.76. The summed E-state index contributed by atoms with van der Waals surface area (Å²) in [4.78, 5) is 11.5. The first-order valence-electron chi connectivity index (χ1n) is 5.44. The van der Waals surface area contributed by atoms with Crippen molar-refractivity contribution in [3.8, 4) is 0 Å². The van der Waals surface area contributed by atoms with Gasteiger partial charge in [-0.3, -0.25) is 4.79 Å². The van der Waals surface area contributed by atoms with Crippen molar-refractivity contribution in [3.63, 3.8) is 0 Å². The largest absolute Gasteiger partial charge is 0.465 e. The van der Waals surface area contributed by atoms with E-state index in [1.807, 2.05) is 6.92 Å². The average molecular weight is 198 g/mol. The van der Waals surface area contributed by atoms with Gasteiger partial charge in [0.2, 0.25) is 0 Å². The number of piperidine rings is 1. The molecule has 2 saturated heterocycles. The SMILES string of the molecule is CCOC(=O)C1CC2CCNCC2N1. The molecule has 2 fully saturated rings. The molecule has 80 valence electrons. The van der Waals surface area contributed by atoms with Crippen LogP contribution in [-0.2, 0) is 9.53 Å². The third-order valence-electron chi connectivity index (χ3n) is 3.15. The van der Waals surface area contributed by atoms with Gasteiger partial charge in [0.05, 0.1) is 6.61 Å². The van der Waals surface area contributed by atoms with Crippen molar-refractivity contribution in [2.45, 2.75) is 31.8 Å². The van der Waals surface area contributed by atoms with Crippen molar-refractivity contribution in [2.75, 3.05) is 19.7 Å². The van der Waals surface area contributed by atoms with E-state index in [4.69, 9.17) is 4.74 Å². The Hall–Kier alpha value is -0.610. The Morgan fingerprint density at radius 2 is 2.43 bits per heavy atom. The summed E-state index contributed by atoms with van der Waals surface area (Å²) >= 11 is 0. The maximum atomic E-state index is 11.5. The molecule has 0 saturated carbocycles. The maximum absolute atomic E-state index is 11.5. The molecule has 0 radical (unpaired) electrons. The van der Waals surface area contributed by atoms with Crippen LogP contribution in [0.3, 0.4) is 0 Å². The Balaban J connectivity index is 1.89. The number of hydrogen-bond donors (Lipinski definition) is 2. The van der Waals surface area contributed by atoms with Crippen molar-refractivity contribution < 1.29 is 9.53 Å². The molecule has 0 aromatic heterocycles. The van der Waals surface area contributed by atoms with Crippen LogP contribution < -0.4 is 10.6 Å². The summed E-state index contributed by atoms with van der Waals surface area (Å²) in [6, 6.07) is 0.406. The summed E-state index contributed by atoms with van der Waals surface area (Å²) in [5.74, 6) is 0.576. The normalized spacial score (nSPS) is 36.5. The molecule has 3 atom stereocenters. The summed E-state index contributed by atoms with van der Waals surface area (Å²) in [5.41, 5.74) is 0. The van der Waals surface area contributed by atoms with Gasteiger partial charge >= 0.3 is 5.97 Å². The lowest BCUT2D eigenvalue weighted by Gasteiger charge is -2.25. The van der Waals surface area contributed by atoms with Crippen molar-refractivity contribution in [1.82, 2.24) is 10.6 Å². The molecule has 2 aliphatic rings. The molecule has 2 rings (SSSR count). The van der Waals surface area contributed by atoms with Crippen molar-refractivity contribution in [1.29, 1.82) is 0 Å². The first-order chi connectivity index (χ1) is 6.81. The molecule has 3 unspecified atom stereocenters. The number of carbonyl (C=O) groups excluding carboxylic acids is 1. The second-order valence-corrected chi connectivity index (χ2v) is 4.07. The molecule has 2 heterocycles. The second kappa shape index (κ2) is 4.28. The molecule has 4 nitrogen and oxygen atoms in total. The zero-order valence-electron chi connectivity index (χ0n) is 8.58. The number of rotatable bonds is 2. The van der Waals surface area contributed by atoms with Crippen LogP contribution in [-0.4, -0.2) is 37.7 Å². The van der Waals surface area contributed by atoms with Gasteiger partial charge in [-0.05, 0) is 32.2 Å². The Morgan fingerprint density at radius 3 is 3.14 bits per heavy atom. The summed E-state index contributed by atoms with van der Waals surface area (Å²) in [6.45, 7) is 4.39. The molecule has 0 spiro atoms. The Labute approximate surface area is 84.4 Å². The van der Waals surface area contributed by atoms with Crippen LogP contribution in [0.25, 0.3) is 0 Å². The molecule has 4 heteroatoms. The number of ether oxygens (including phenoxy) is 1. The molecule has 0 aromatic rings. The van der Waals surface area contributed by atoms with E-state index in [-0.39, 0.29) is 12.0 Å². The standard InChI is InChI=1S/C10H18N2O2/c1-2-14-10(13)8-5-7-3-4-11-6-9(7)12-8/h7-9,11-12H,2-6H2,1H3. The number of fused-ring (bicyclic) bond motifs is 1. The van der Waals surface area contributed by atoms with Crippen LogP contribution in [0, 0.1) is 5.92 Å². The quantitative estimate of drug-likeness (QED) is 0.608. The van der Waals surface area contributed by atoms with Gasteiger partial charge in [-0.1, -0.05) is 0 Å². The third kappa shape index (κ3) is 1.91. The lowest BCUT2D eigenvalue weighted by atomic mass is 9.93. The molecular formula is C10H18N2O2. The minimum Gasteiger partial charge on any atom is -0.465 e. The molecule has 0 bridgehead atoms. The highest BCUT2D eigenvalue weighted by atomic mass is 16.5. The summed E-state index contributed by atoms with van der Waals surface area (Å²) in [5, 5.41) is 6.67. The lowest BCUT2D eigenvalue weighted by molar-refractivity contribution is -0.145. The summed E-state index contributed by atoms with van der Waals surface area (Å²) in [6.07, 6.45) is 2.12. The zero-order valence-corrected chi connectivity index (χ0v) is 8.58. The Morgan fingerprint density at radius 1 is 1.57 bits per heavy atom. The van der Waals surface area contributed by atoms with Crippen LogP contribution >= 0.6 is 0 Å². The monoisotopic (exact) mass is 198 g/mol. The minimum atomic E-state index is -0.0816. The fourth-order valence-corrected chi connectivity index (χ4v) is 2.43. The van der Waals surface area contributed by atoms with Crippen LogP contribution in [0.15, 0.2) is 0 Å². The zero-order chi connectivity index (χ0) is 9.97. The molecular weight excluding hydrogens is 180 g/mol. The molecule has 0 aromatic carbocycles.